The van der Waals surface area contributed by atoms with Gasteiger partial charge in [-0.15, -0.1) is 6.58 Å². The molecule has 0 aromatic heterocycles. The van der Waals surface area contributed by atoms with Crippen LogP contribution in [0.5, 0.6) is 0 Å². The van der Waals surface area contributed by atoms with Gasteiger partial charge in [-0.25, -0.2) is 0 Å². The molecular weight excluding hydrogens is 328 g/mol. The SMILES string of the molecule is C=CC(C)CCN(C)c1ccc(N)cc1.CCCCc1cc(C)ccc1C. The number of hydrogen-bond acceptors (Lipinski definition) is 2. The van der Waals surface area contributed by atoms with E-state index in [0.717, 1.165) is 18.7 Å². The standard InChI is InChI=1S/C13H20N2.C12H18/c1-4-11(2)9-10-15(3)13-7-5-12(14)6-8-13;1-4-5-6-12-9-10(2)7-8-11(12)3/h4-8,11H,1,9-10,14H2,2-3H3;7-9H,4-6H2,1-3H3. The Morgan fingerprint density at radius 3 is 2.37 bits per heavy atom. The number of benzene rings is 2. The van der Waals surface area contributed by atoms with E-state index in [-0.39, 0.29) is 0 Å². The molecule has 0 amide bonds. The summed E-state index contributed by atoms with van der Waals surface area (Å²) in [5, 5.41) is 0. The number of nitrogens with two attached hydrogens (primary N) is 1. The van der Waals surface area contributed by atoms with Crippen molar-refractivity contribution in [2.45, 2.75) is 53.4 Å². The minimum absolute atomic E-state index is 0.571. The molecule has 0 aliphatic rings. The first-order chi connectivity index (χ1) is 12.9. The highest BCUT2D eigenvalue weighted by Crippen LogP contribution is 2.16. The van der Waals surface area contributed by atoms with Crippen LogP contribution in [0.3, 0.4) is 0 Å². The highest BCUT2D eigenvalue weighted by Gasteiger charge is 2.02. The van der Waals surface area contributed by atoms with Gasteiger partial charge < -0.3 is 10.6 Å². The van der Waals surface area contributed by atoms with Crippen LogP contribution in [0.2, 0.25) is 0 Å². The van der Waals surface area contributed by atoms with Crippen molar-refractivity contribution in [2.75, 3.05) is 24.2 Å². The maximum absolute atomic E-state index is 5.64. The Balaban J connectivity index is 0.000000277. The molecule has 27 heavy (non-hydrogen) atoms. The minimum atomic E-state index is 0.571. The molecule has 2 aromatic carbocycles. The first kappa shape index (κ1) is 22.8. The maximum atomic E-state index is 5.64. The Morgan fingerprint density at radius 1 is 1.11 bits per heavy atom. The molecule has 0 saturated heterocycles. The van der Waals surface area contributed by atoms with Crippen LogP contribution in [-0.4, -0.2) is 13.6 Å². The zero-order valence-electron chi connectivity index (χ0n) is 18.0. The topological polar surface area (TPSA) is 29.3 Å². The van der Waals surface area contributed by atoms with Crippen LogP contribution in [0.4, 0.5) is 11.4 Å². The molecule has 0 fully saturated rings. The van der Waals surface area contributed by atoms with Crippen LogP contribution in [-0.2, 0) is 6.42 Å². The monoisotopic (exact) mass is 366 g/mol. The fraction of sp³-hybridized carbons (Fsp3) is 0.440. The van der Waals surface area contributed by atoms with Crippen molar-refractivity contribution < 1.29 is 0 Å². The third-order valence-corrected chi connectivity index (χ3v) is 4.96. The summed E-state index contributed by atoms with van der Waals surface area (Å²) >= 11 is 0. The number of nitrogens with zero attached hydrogens (tertiary/aromatic N) is 1. The van der Waals surface area contributed by atoms with E-state index in [0.29, 0.717) is 5.92 Å². The highest BCUT2D eigenvalue weighted by atomic mass is 15.1. The quantitative estimate of drug-likeness (QED) is 0.423. The van der Waals surface area contributed by atoms with E-state index in [2.05, 4.69) is 64.4 Å². The first-order valence-corrected chi connectivity index (χ1v) is 10.1. The predicted molar refractivity (Wildman–Crippen MR) is 123 cm³/mol. The van der Waals surface area contributed by atoms with Gasteiger partial charge in [-0.3, -0.25) is 0 Å². The molecule has 0 bridgehead atoms. The Kier molecular flexibility index (Phi) is 10.3. The summed E-state index contributed by atoms with van der Waals surface area (Å²) in [6, 6.07) is 14.7. The number of hydrogen-bond donors (Lipinski definition) is 1. The lowest BCUT2D eigenvalue weighted by Crippen LogP contribution is -2.19. The van der Waals surface area contributed by atoms with Crippen LogP contribution >= 0.6 is 0 Å². The van der Waals surface area contributed by atoms with Crippen LogP contribution in [0, 0.1) is 19.8 Å². The molecule has 2 rings (SSSR count). The van der Waals surface area contributed by atoms with E-state index < -0.39 is 0 Å². The molecule has 0 heterocycles. The summed E-state index contributed by atoms with van der Waals surface area (Å²) in [6.45, 7) is 13.6. The Bertz CT molecular complexity index is 673. The average Bonchev–Trinajstić information content (AvgIpc) is 2.67. The van der Waals surface area contributed by atoms with Gasteiger partial charge in [0.2, 0.25) is 0 Å². The molecule has 0 aliphatic carbocycles. The first-order valence-electron chi connectivity index (χ1n) is 10.1. The maximum Gasteiger partial charge on any atom is 0.0365 e. The minimum Gasteiger partial charge on any atom is -0.399 e. The molecule has 1 atom stereocenters. The molecule has 2 heteroatoms. The number of rotatable bonds is 8. The smallest absolute Gasteiger partial charge is 0.0365 e. The summed E-state index contributed by atoms with van der Waals surface area (Å²) in [7, 11) is 2.10. The number of aryl methyl sites for hydroxylation is 3. The van der Waals surface area contributed by atoms with Gasteiger partial charge in [-0.1, -0.05) is 50.1 Å². The second-order valence-corrected chi connectivity index (χ2v) is 7.55. The normalized spacial score (nSPS) is 11.3. The molecule has 2 nitrogen and oxygen atoms in total. The van der Waals surface area contributed by atoms with Gasteiger partial charge in [0.15, 0.2) is 0 Å². The van der Waals surface area contributed by atoms with Crippen LogP contribution in [0.25, 0.3) is 0 Å². The lowest BCUT2D eigenvalue weighted by molar-refractivity contribution is 0.643. The van der Waals surface area contributed by atoms with E-state index >= 15 is 0 Å². The fourth-order valence-corrected chi connectivity index (χ4v) is 2.81. The molecule has 2 N–H and O–H groups in total. The van der Waals surface area contributed by atoms with E-state index in [4.69, 9.17) is 5.73 Å². The van der Waals surface area contributed by atoms with Crippen molar-refractivity contribution >= 4 is 11.4 Å². The van der Waals surface area contributed by atoms with Gasteiger partial charge in [0, 0.05) is 25.0 Å². The summed E-state index contributed by atoms with van der Waals surface area (Å²) in [6.07, 6.45) is 6.96. The lowest BCUT2D eigenvalue weighted by atomic mass is 10.0. The summed E-state index contributed by atoms with van der Waals surface area (Å²) < 4.78 is 0. The van der Waals surface area contributed by atoms with Gasteiger partial charge in [-0.05, 0) is 74.4 Å². The molecule has 0 aliphatic heterocycles. The van der Waals surface area contributed by atoms with Crippen LogP contribution in [0.15, 0.2) is 55.1 Å². The second-order valence-electron chi connectivity index (χ2n) is 7.55. The van der Waals surface area contributed by atoms with E-state index in [1.165, 1.54) is 41.6 Å². The largest absolute Gasteiger partial charge is 0.399 e. The third-order valence-electron chi connectivity index (χ3n) is 4.96. The number of unbranched alkanes of at least 4 members (excludes halogenated alkanes) is 1. The summed E-state index contributed by atoms with van der Waals surface area (Å²) in [4.78, 5) is 2.24. The number of allylic oxidation sites excluding steroid dienone is 1. The highest BCUT2D eigenvalue weighted by molar-refractivity contribution is 5.52. The van der Waals surface area contributed by atoms with Crippen molar-refractivity contribution in [3.63, 3.8) is 0 Å². The van der Waals surface area contributed by atoms with E-state index in [9.17, 15) is 0 Å². The molecule has 148 valence electrons. The fourth-order valence-electron chi connectivity index (χ4n) is 2.81. The second kappa shape index (κ2) is 12.2. The average molecular weight is 367 g/mol. The predicted octanol–water partition coefficient (Wildman–Crippen LogP) is 6.56. The summed E-state index contributed by atoms with van der Waals surface area (Å²) in [5.74, 6) is 0.571. The van der Waals surface area contributed by atoms with Gasteiger partial charge in [0.1, 0.15) is 0 Å². The van der Waals surface area contributed by atoms with Crippen molar-refractivity contribution in [2.24, 2.45) is 5.92 Å². The number of nitrogen functional groups attached to an aromatic ring is 1. The van der Waals surface area contributed by atoms with Crippen molar-refractivity contribution in [3.8, 4) is 0 Å². The van der Waals surface area contributed by atoms with Crippen molar-refractivity contribution in [1.29, 1.82) is 0 Å². The summed E-state index contributed by atoms with van der Waals surface area (Å²) in [5.41, 5.74) is 12.0. The van der Waals surface area contributed by atoms with Gasteiger partial charge in [-0.2, -0.15) is 0 Å². The van der Waals surface area contributed by atoms with E-state index in [1.54, 1.807) is 0 Å². The molecule has 2 aromatic rings. The van der Waals surface area contributed by atoms with E-state index in [1.807, 2.05) is 30.3 Å². The Morgan fingerprint density at radius 2 is 1.78 bits per heavy atom. The molecular formula is C25H38N2. The Labute approximate surface area is 167 Å². The van der Waals surface area contributed by atoms with Gasteiger partial charge in [0.05, 0.1) is 0 Å². The third kappa shape index (κ3) is 8.81. The molecule has 1 unspecified atom stereocenters. The lowest BCUT2D eigenvalue weighted by Gasteiger charge is -2.20. The van der Waals surface area contributed by atoms with Crippen molar-refractivity contribution in [1.82, 2.24) is 0 Å². The molecule has 0 saturated carbocycles. The zero-order chi connectivity index (χ0) is 20.2. The Hall–Kier alpha value is -2.22. The molecule has 0 spiro atoms. The van der Waals surface area contributed by atoms with Crippen LogP contribution in [0.1, 0.15) is 49.8 Å². The van der Waals surface area contributed by atoms with Crippen molar-refractivity contribution in [3.05, 3.63) is 71.8 Å². The van der Waals surface area contributed by atoms with Gasteiger partial charge >= 0.3 is 0 Å². The van der Waals surface area contributed by atoms with Gasteiger partial charge in [0.25, 0.3) is 0 Å². The van der Waals surface area contributed by atoms with Crippen LogP contribution < -0.4 is 10.6 Å². The zero-order valence-corrected chi connectivity index (χ0v) is 18.0. The number of anilines is 2. The molecule has 0 radical (unpaired) electrons.